The SMILES string of the molecule is CCOc1ccc(C=NOC(=O)/C=C/c2ccccc2)cc1. The zero-order valence-electron chi connectivity index (χ0n) is 12.3. The summed E-state index contributed by atoms with van der Waals surface area (Å²) in [6.45, 7) is 2.55. The molecule has 0 aliphatic carbocycles. The molecule has 0 amide bonds. The number of benzene rings is 2. The lowest BCUT2D eigenvalue weighted by molar-refractivity contribution is -0.137. The van der Waals surface area contributed by atoms with Crippen LogP contribution in [0.25, 0.3) is 6.08 Å². The van der Waals surface area contributed by atoms with Gasteiger partial charge in [-0.15, -0.1) is 0 Å². The summed E-state index contributed by atoms with van der Waals surface area (Å²) >= 11 is 0. The number of hydrogen-bond donors (Lipinski definition) is 0. The molecule has 0 atom stereocenters. The third kappa shape index (κ3) is 5.25. The molecule has 0 aromatic heterocycles. The molecule has 0 saturated heterocycles. The number of carbonyl (C=O) groups excluding carboxylic acids is 1. The molecule has 0 heterocycles. The minimum absolute atomic E-state index is 0.522. The molecule has 22 heavy (non-hydrogen) atoms. The van der Waals surface area contributed by atoms with Crippen molar-refractivity contribution in [2.24, 2.45) is 5.16 Å². The molecule has 0 fully saturated rings. The summed E-state index contributed by atoms with van der Waals surface area (Å²) in [5.74, 6) is 0.272. The minimum Gasteiger partial charge on any atom is -0.494 e. The topological polar surface area (TPSA) is 47.9 Å². The average molecular weight is 295 g/mol. The summed E-state index contributed by atoms with van der Waals surface area (Å²) < 4.78 is 5.34. The molecule has 0 saturated carbocycles. The third-order valence-electron chi connectivity index (χ3n) is 2.75. The Morgan fingerprint density at radius 3 is 2.45 bits per heavy atom. The molecule has 0 aliphatic heterocycles. The van der Waals surface area contributed by atoms with Crippen molar-refractivity contribution in [1.29, 1.82) is 0 Å². The monoisotopic (exact) mass is 295 g/mol. The summed E-state index contributed by atoms with van der Waals surface area (Å²) in [6, 6.07) is 16.8. The second kappa shape index (κ2) is 8.42. The predicted octanol–water partition coefficient (Wildman–Crippen LogP) is 3.68. The molecular formula is C18H17NO3. The van der Waals surface area contributed by atoms with Crippen LogP contribution in [0.5, 0.6) is 5.75 Å². The summed E-state index contributed by atoms with van der Waals surface area (Å²) in [4.78, 5) is 16.3. The Morgan fingerprint density at radius 2 is 1.77 bits per heavy atom. The fourth-order valence-electron chi connectivity index (χ4n) is 1.71. The van der Waals surface area contributed by atoms with E-state index in [1.165, 1.54) is 12.3 Å². The van der Waals surface area contributed by atoms with E-state index >= 15 is 0 Å². The van der Waals surface area contributed by atoms with E-state index in [1.807, 2.05) is 61.5 Å². The maximum atomic E-state index is 11.5. The summed E-state index contributed by atoms with van der Waals surface area (Å²) in [7, 11) is 0. The van der Waals surface area contributed by atoms with Crippen LogP contribution in [0.15, 0.2) is 65.8 Å². The number of carbonyl (C=O) groups is 1. The average Bonchev–Trinajstić information content (AvgIpc) is 2.56. The van der Waals surface area contributed by atoms with Gasteiger partial charge in [-0.3, -0.25) is 0 Å². The number of oxime groups is 1. The van der Waals surface area contributed by atoms with Crippen LogP contribution in [0.1, 0.15) is 18.1 Å². The minimum atomic E-state index is -0.522. The van der Waals surface area contributed by atoms with E-state index < -0.39 is 5.97 Å². The van der Waals surface area contributed by atoms with Gasteiger partial charge in [0.25, 0.3) is 0 Å². The molecule has 0 spiro atoms. The maximum Gasteiger partial charge on any atom is 0.358 e. The Kier molecular flexibility index (Phi) is 5.93. The molecular weight excluding hydrogens is 278 g/mol. The first-order valence-corrected chi connectivity index (χ1v) is 6.98. The highest BCUT2D eigenvalue weighted by Crippen LogP contribution is 2.10. The van der Waals surface area contributed by atoms with E-state index in [2.05, 4.69) is 5.16 Å². The van der Waals surface area contributed by atoms with Gasteiger partial charge in [-0.05, 0) is 48.4 Å². The second-order valence-electron chi connectivity index (χ2n) is 4.39. The van der Waals surface area contributed by atoms with Crippen molar-refractivity contribution >= 4 is 18.3 Å². The lowest BCUT2D eigenvalue weighted by Crippen LogP contribution is -1.95. The molecule has 4 heteroatoms. The van der Waals surface area contributed by atoms with E-state index in [1.54, 1.807) is 6.08 Å². The Balaban J connectivity index is 1.84. The zero-order chi connectivity index (χ0) is 15.6. The van der Waals surface area contributed by atoms with Crippen LogP contribution in [0.2, 0.25) is 0 Å². The van der Waals surface area contributed by atoms with Crippen LogP contribution >= 0.6 is 0 Å². The largest absolute Gasteiger partial charge is 0.494 e. The molecule has 4 nitrogen and oxygen atoms in total. The van der Waals surface area contributed by atoms with Gasteiger partial charge in [0, 0.05) is 6.08 Å². The standard InChI is InChI=1S/C18H17NO3/c1-2-21-17-11-8-16(9-12-17)14-19-22-18(20)13-10-15-6-4-3-5-7-15/h3-14H,2H2,1H3/b13-10+,19-14?. The molecule has 2 aromatic carbocycles. The third-order valence-corrected chi connectivity index (χ3v) is 2.75. The van der Waals surface area contributed by atoms with Crippen molar-refractivity contribution in [2.75, 3.05) is 6.61 Å². The number of nitrogens with zero attached hydrogens (tertiary/aromatic N) is 1. The van der Waals surface area contributed by atoms with Crippen LogP contribution in [-0.4, -0.2) is 18.8 Å². The Bertz CT molecular complexity index is 646. The number of ether oxygens (including phenoxy) is 1. The maximum absolute atomic E-state index is 11.5. The van der Waals surface area contributed by atoms with Crippen molar-refractivity contribution in [3.63, 3.8) is 0 Å². The van der Waals surface area contributed by atoms with Crippen LogP contribution in [0.3, 0.4) is 0 Å². The van der Waals surface area contributed by atoms with E-state index in [-0.39, 0.29) is 0 Å². The van der Waals surface area contributed by atoms with Gasteiger partial charge in [0.2, 0.25) is 0 Å². The molecule has 2 aromatic rings. The molecule has 0 bridgehead atoms. The fraction of sp³-hybridized carbons (Fsp3) is 0.111. The lowest BCUT2D eigenvalue weighted by atomic mass is 10.2. The van der Waals surface area contributed by atoms with E-state index in [4.69, 9.17) is 9.57 Å². The molecule has 112 valence electrons. The molecule has 0 aliphatic rings. The van der Waals surface area contributed by atoms with Gasteiger partial charge in [0.15, 0.2) is 0 Å². The van der Waals surface area contributed by atoms with Gasteiger partial charge in [0.05, 0.1) is 12.8 Å². The van der Waals surface area contributed by atoms with Gasteiger partial charge < -0.3 is 9.57 Å². The first-order chi connectivity index (χ1) is 10.8. The van der Waals surface area contributed by atoms with Crippen molar-refractivity contribution in [2.45, 2.75) is 6.92 Å². The summed E-state index contributed by atoms with van der Waals surface area (Å²) in [5.41, 5.74) is 1.75. The summed E-state index contributed by atoms with van der Waals surface area (Å²) in [5, 5.41) is 3.66. The van der Waals surface area contributed by atoms with Gasteiger partial charge in [-0.1, -0.05) is 35.5 Å². The number of rotatable bonds is 6. The van der Waals surface area contributed by atoms with Crippen molar-refractivity contribution in [3.8, 4) is 5.75 Å². The highest BCUT2D eigenvalue weighted by molar-refractivity contribution is 5.88. The number of hydrogen-bond acceptors (Lipinski definition) is 4. The Morgan fingerprint density at radius 1 is 1.05 bits per heavy atom. The first-order valence-electron chi connectivity index (χ1n) is 6.98. The highest BCUT2D eigenvalue weighted by atomic mass is 16.7. The van der Waals surface area contributed by atoms with Gasteiger partial charge in [0.1, 0.15) is 5.75 Å². The molecule has 0 unspecified atom stereocenters. The van der Waals surface area contributed by atoms with Crippen molar-refractivity contribution < 1.29 is 14.4 Å². The predicted molar refractivity (Wildman–Crippen MR) is 86.8 cm³/mol. The van der Waals surface area contributed by atoms with E-state index in [0.29, 0.717) is 6.61 Å². The lowest BCUT2D eigenvalue weighted by Gasteiger charge is -2.01. The van der Waals surface area contributed by atoms with Crippen LogP contribution in [0.4, 0.5) is 0 Å². The normalized spacial score (nSPS) is 11.0. The van der Waals surface area contributed by atoms with Gasteiger partial charge >= 0.3 is 5.97 Å². The first kappa shape index (κ1) is 15.5. The van der Waals surface area contributed by atoms with E-state index in [9.17, 15) is 4.79 Å². The van der Waals surface area contributed by atoms with E-state index in [0.717, 1.165) is 16.9 Å². The highest BCUT2D eigenvalue weighted by Gasteiger charge is 1.96. The molecule has 0 radical (unpaired) electrons. The van der Waals surface area contributed by atoms with Crippen LogP contribution in [0, 0.1) is 0 Å². The molecule has 0 N–H and O–H groups in total. The van der Waals surface area contributed by atoms with Gasteiger partial charge in [-0.2, -0.15) is 0 Å². The van der Waals surface area contributed by atoms with Crippen molar-refractivity contribution in [1.82, 2.24) is 0 Å². The summed E-state index contributed by atoms with van der Waals surface area (Å²) in [6.07, 6.45) is 4.49. The van der Waals surface area contributed by atoms with Crippen molar-refractivity contribution in [3.05, 3.63) is 71.8 Å². The van der Waals surface area contributed by atoms with Crippen LogP contribution in [-0.2, 0) is 9.63 Å². The second-order valence-corrected chi connectivity index (χ2v) is 4.39. The quantitative estimate of drug-likeness (QED) is 0.353. The fourth-order valence-corrected chi connectivity index (χ4v) is 1.71. The smallest absolute Gasteiger partial charge is 0.358 e. The van der Waals surface area contributed by atoms with Crippen LogP contribution < -0.4 is 4.74 Å². The van der Waals surface area contributed by atoms with Gasteiger partial charge in [-0.25, -0.2) is 4.79 Å². The zero-order valence-corrected chi connectivity index (χ0v) is 12.3. The molecule has 2 rings (SSSR count). The Labute approximate surface area is 129 Å². The Hall–Kier alpha value is -2.88.